The standard InChI is InChI=1S/C16H8Cl2FNO/c17-10-3-1-9(2-4-10)15-8-13(16(18)21)12-7-11(19)5-6-14(12)20-15/h1-8H. The van der Waals surface area contributed by atoms with Crippen LogP contribution in [0.2, 0.25) is 5.02 Å². The predicted octanol–water partition coefficient (Wildman–Crippen LogP) is 5.07. The Bertz CT molecular complexity index is 847. The van der Waals surface area contributed by atoms with Gasteiger partial charge in [0.2, 0.25) is 0 Å². The minimum absolute atomic E-state index is 0.228. The smallest absolute Gasteiger partial charge is 0.253 e. The lowest BCUT2D eigenvalue weighted by atomic mass is 10.0. The van der Waals surface area contributed by atoms with Gasteiger partial charge in [-0.3, -0.25) is 4.79 Å². The number of benzene rings is 2. The molecule has 0 saturated carbocycles. The SMILES string of the molecule is O=C(Cl)c1cc(-c2ccc(Cl)cc2)nc2ccc(F)cc12. The molecule has 0 N–H and O–H groups in total. The monoisotopic (exact) mass is 319 g/mol. The molecule has 0 bridgehead atoms. The van der Waals surface area contributed by atoms with Crippen molar-refractivity contribution in [3.8, 4) is 11.3 Å². The largest absolute Gasteiger partial charge is 0.276 e. The number of rotatable bonds is 2. The van der Waals surface area contributed by atoms with Gasteiger partial charge in [-0.2, -0.15) is 0 Å². The van der Waals surface area contributed by atoms with E-state index in [1.807, 2.05) is 0 Å². The summed E-state index contributed by atoms with van der Waals surface area (Å²) in [6, 6.07) is 12.7. The van der Waals surface area contributed by atoms with Crippen LogP contribution in [0.15, 0.2) is 48.5 Å². The Kier molecular flexibility index (Phi) is 3.62. The zero-order valence-corrected chi connectivity index (χ0v) is 12.1. The van der Waals surface area contributed by atoms with Crippen molar-refractivity contribution in [3.63, 3.8) is 0 Å². The molecule has 5 heteroatoms. The number of hydrogen-bond acceptors (Lipinski definition) is 2. The van der Waals surface area contributed by atoms with Crippen LogP contribution in [0.3, 0.4) is 0 Å². The molecule has 2 nitrogen and oxygen atoms in total. The van der Waals surface area contributed by atoms with Crippen LogP contribution in [-0.4, -0.2) is 10.2 Å². The highest BCUT2D eigenvalue weighted by molar-refractivity contribution is 6.68. The highest BCUT2D eigenvalue weighted by atomic mass is 35.5. The molecule has 0 aliphatic rings. The second-order valence-corrected chi connectivity index (χ2v) is 5.28. The third-order valence-corrected chi connectivity index (χ3v) is 3.58. The van der Waals surface area contributed by atoms with Crippen LogP contribution < -0.4 is 0 Å². The summed E-state index contributed by atoms with van der Waals surface area (Å²) in [7, 11) is 0. The summed E-state index contributed by atoms with van der Waals surface area (Å²) in [4.78, 5) is 16.0. The van der Waals surface area contributed by atoms with E-state index in [0.29, 0.717) is 21.6 Å². The molecule has 2 aromatic carbocycles. The first-order valence-electron chi connectivity index (χ1n) is 6.11. The van der Waals surface area contributed by atoms with E-state index in [2.05, 4.69) is 4.98 Å². The van der Waals surface area contributed by atoms with Crippen LogP contribution in [0.5, 0.6) is 0 Å². The summed E-state index contributed by atoms with van der Waals surface area (Å²) < 4.78 is 13.4. The average molecular weight is 320 g/mol. The number of aromatic nitrogens is 1. The third-order valence-electron chi connectivity index (χ3n) is 3.12. The quantitative estimate of drug-likeness (QED) is 0.617. The van der Waals surface area contributed by atoms with E-state index in [1.54, 1.807) is 30.3 Å². The molecular formula is C16H8Cl2FNO. The fourth-order valence-corrected chi connectivity index (χ4v) is 2.41. The minimum Gasteiger partial charge on any atom is -0.276 e. The van der Waals surface area contributed by atoms with Gasteiger partial charge in [0, 0.05) is 21.5 Å². The van der Waals surface area contributed by atoms with E-state index in [-0.39, 0.29) is 5.56 Å². The van der Waals surface area contributed by atoms with Crippen molar-refractivity contribution >= 4 is 39.3 Å². The number of carbonyl (C=O) groups excluding carboxylic acids is 1. The zero-order chi connectivity index (χ0) is 15.0. The highest BCUT2D eigenvalue weighted by Crippen LogP contribution is 2.27. The van der Waals surface area contributed by atoms with Crippen molar-refractivity contribution in [3.05, 3.63) is 64.9 Å². The van der Waals surface area contributed by atoms with Crippen LogP contribution in [0, 0.1) is 5.82 Å². The van der Waals surface area contributed by atoms with Crippen LogP contribution in [-0.2, 0) is 0 Å². The van der Waals surface area contributed by atoms with Crippen molar-refractivity contribution in [1.82, 2.24) is 4.98 Å². The highest BCUT2D eigenvalue weighted by Gasteiger charge is 2.13. The van der Waals surface area contributed by atoms with Crippen molar-refractivity contribution < 1.29 is 9.18 Å². The van der Waals surface area contributed by atoms with Crippen LogP contribution in [0.25, 0.3) is 22.2 Å². The number of pyridine rings is 1. The van der Waals surface area contributed by atoms with Crippen molar-refractivity contribution in [2.45, 2.75) is 0 Å². The molecule has 0 fully saturated rings. The summed E-state index contributed by atoms with van der Waals surface area (Å²) in [6.07, 6.45) is 0. The lowest BCUT2D eigenvalue weighted by Gasteiger charge is -2.07. The maximum atomic E-state index is 13.4. The Balaban J connectivity index is 2.28. The molecule has 21 heavy (non-hydrogen) atoms. The molecule has 1 heterocycles. The Morgan fingerprint density at radius 1 is 1.05 bits per heavy atom. The summed E-state index contributed by atoms with van der Waals surface area (Å²) in [5.41, 5.74) is 2.11. The van der Waals surface area contributed by atoms with Gasteiger partial charge >= 0.3 is 0 Å². The first-order valence-corrected chi connectivity index (χ1v) is 6.86. The van der Waals surface area contributed by atoms with Gasteiger partial charge in [-0.15, -0.1) is 0 Å². The zero-order valence-electron chi connectivity index (χ0n) is 10.6. The summed E-state index contributed by atoms with van der Waals surface area (Å²) in [5, 5.41) is 0.353. The van der Waals surface area contributed by atoms with Gasteiger partial charge < -0.3 is 0 Å². The number of hydrogen-bond donors (Lipinski definition) is 0. The third kappa shape index (κ3) is 2.75. The maximum absolute atomic E-state index is 13.4. The molecular weight excluding hydrogens is 312 g/mol. The van der Waals surface area contributed by atoms with E-state index < -0.39 is 11.1 Å². The van der Waals surface area contributed by atoms with E-state index in [0.717, 1.165) is 5.56 Å². The Morgan fingerprint density at radius 3 is 2.43 bits per heavy atom. The molecule has 104 valence electrons. The van der Waals surface area contributed by atoms with Crippen LogP contribution in [0.4, 0.5) is 4.39 Å². The minimum atomic E-state index is -0.650. The Hall–Kier alpha value is -1.97. The van der Waals surface area contributed by atoms with Gasteiger partial charge in [-0.05, 0) is 48.0 Å². The topological polar surface area (TPSA) is 30.0 Å². The lowest BCUT2D eigenvalue weighted by molar-refractivity contribution is 0.108. The molecule has 3 aromatic rings. The van der Waals surface area contributed by atoms with Crippen molar-refractivity contribution in [2.24, 2.45) is 0 Å². The van der Waals surface area contributed by atoms with Gasteiger partial charge in [-0.25, -0.2) is 9.37 Å². The normalized spacial score (nSPS) is 10.8. The second kappa shape index (κ2) is 5.43. The summed E-state index contributed by atoms with van der Waals surface area (Å²) in [5.74, 6) is -0.442. The molecule has 1 aromatic heterocycles. The Morgan fingerprint density at radius 2 is 1.76 bits per heavy atom. The van der Waals surface area contributed by atoms with Crippen LogP contribution >= 0.6 is 23.2 Å². The van der Waals surface area contributed by atoms with Gasteiger partial charge in [0.05, 0.1) is 11.2 Å². The fourth-order valence-electron chi connectivity index (χ4n) is 2.13. The van der Waals surface area contributed by atoms with Crippen molar-refractivity contribution in [2.75, 3.05) is 0 Å². The molecule has 0 aliphatic heterocycles. The van der Waals surface area contributed by atoms with E-state index in [4.69, 9.17) is 23.2 Å². The molecule has 0 unspecified atom stereocenters. The van der Waals surface area contributed by atoms with Crippen molar-refractivity contribution in [1.29, 1.82) is 0 Å². The molecule has 3 rings (SSSR count). The number of nitrogens with zero attached hydrogens (tertiary/aromatic N) is 1. The van der Waals surface area contributed by atoms with E-state index in [9.17, 15) is 9.18 Å². The summed E-state index contributed by atoms with van der Waals surface area (Å²) in [6.45, 7) is 0. The maximum Gasteiger partial charge on any atom is 0.253 e. The number of halogens is 3. The van der Waals surface area contributed by atoms with Crippen LogP contribution in [0.1, 0.15) is 10.4 Å². The average Bonchev–Trinajstić information content (AvgIpc) is 2.46. The van der Waals surface area contributed by atoms with Gasteiger partial charge in [0.15, 0.2) is 0 Å². The fraction of sp³-hybridized carbons (Fsp3) is 0. The molecule has 0 amide bonds. The second-order valence-electron chi connectivity index (χ2n) is 4.50. The molecule has 0 atom stereocenters. The molecule has 0 aliphatic carbocycles. The first kappa shape index (κ1) is 14.0. The van der Waals surface area contributed by atoms with Gasteiger partial charge in [0.25, 0.3) is 5.24 Å². The first-order chi connectivity index (χ1) is 10.0. The van der Waals surface area contributed by atoms with Gasteiger partial charge in [-0.1, -0.05) is 23.7 Å². The molecule has 0 spiro atoms. The molecule has 0 saturated heterocycles. The number of fused-ring (bicyclic) bond motifs is 1. The Labute approximate surface area is 130 Å². The molecule has 0 radical (unpaired) electrons. The lowest BCUT2D eigenvalue weighted by Crippen LogP contribution is -1.96. The number of carbonyl (C=O) groups is 1. The summed E-state index contributed by atoms with van der Waals surface area (Å²) >= 11 is 11.5. The predicted molar refractivity (Wildman–Crippen MR) is 82.3 cm³/mol. The van der Waals surface area contributed by atoms with Gasteiger partial charge in [0.1, 0.15) is 5.82 Å². The van der Waals surface area contributed by atoms with E-state index >= 15 is 0 Å². The van der Waals surface area contributed by atoms with E-state index in [1.165, 1.54) is 18.2 Å².